The first-order valence-electron chi connectivity index (χ1n) is 7.29. The van der Waals surface area contributed by atoms with E-state index in [9.17, 15) is 4.79 Å². The SMILES string of the molecule is Cc1ccc(SCCC(=O)Nc2nnc(-c3cc(Cl)sc3Cl)o2)cc1. The zero-order chi connectivity index (χ0) is 17.8. The molecule has 1 N–H and O–H groups in total. The maximum atomic E-state index is 12.0. The van der Waals surface area contributed by atoms with Crippen LogP contribution < -0.4 is 5.32 Å². The lowest BCUT2D eigenvalue weighted by Gasteiger charge is -2.02. The Morgan fingerprint density at radius 1 is 1.28 bits per heavy atom. The molecule has 1 amide bonds. The lowest BCUT2D eigenvalue weighted by molar-refractivity contribution is -0.115. The predicted molar refractivity (Wildman–Crippen MR) is 103 cm³/mol. The number of nitrogens with zero attached hydrogens (tertiary/aromatic N) is 2. The zero-order valence-electron chi connectivity index (χ0n) is 13.1. The fourth-order valence-electron chi connectivity index (χ4n) is 1.95. The quantitative estimate of drug-likeness (QED) is 0.537. The van der Waals surface area contributed by atoms with E-state index in [-0.39, 0.29) is 17.8 Å². The minimum atomic E-state index is -0.191. The molecule has 3 aromatic rings. The van der Waals surface area contributed by atoms with Crippen molar-refractivity contribution in [2.24, 2.45) is 0 Å². The van der Waals surface area contributed by atoms with Crippen LogP contribution in [0, 0.1) is 6.92 Å². The number of thioether (sulfide) groups is 1. The number of nitrogens with one attached hydrogen (secondary N) is 1. The molecule has 0 unspecified atom stereocenters. The smallest absolute Gasteiger partial charge is 0.322 e. The van der Waals surface area contributed by atoms with Gasteiger partial charge in [0.2, 0.25) is 5.91 Å². The van der Waals surface area contributed by atoms with Gasteiger partial charge < -0.3 is 4.42 Å². The maximum absolute atomic E-state index is 12.0. The molecular formula is C16H13Cl2N3O2S2. The van der Waals surface area contributed by atoms with Crippen molar-refractivity contribution >= 4 is 58.2 Å². The van der Waals surface area contributed by atoms with Gasteiger partial charge in [0.1, 0.15) is 4.34 Å². The van der Waals surface area contributed by atoms with Gasteiger partial charge in [-0.3, -0.25) is 10.1 Å². The van der Waals surface area contributed by atoms with Crippen molar-refractivity contribution in [1.29, 1.82) is 0 Å². The largest absolute Gasteiger partial charge is 0.403 e. The molecule has 25 heavy (non-hydrogen) atoms. The first-order valence-corrected chi connectivity index (χ1v) is 9.85. The van der Waals surface area contributed by atoms with Gasteiger partial charge in [-0.05, 0) is 25.1 Å². The van der Waals surface area contributed by atoms with Crippen molar-refractivity contribution in [3.8, 4) is 11.5 Å². The Hall–Kier alpha value is -1.54. The average molecular weight is 414 g/mol. The van der Waals surface area contributed by atoms with E-state index in [0.29, 0.717) is 26.4 Å². The van der Waals surface area contributed by atoms with Crippen LogP contribution in [0.5, 0.6) is 0 Å². The van der Waals surface area contributed by atoms with E-state index in [1.165, 1.54) is 16.9 Å². The van der Waals surface area contributed by atoms with Gasteiger partial charge >= 0.3 is 6.01 Å². The zero-order valence-corrected chi connectivity index (χ0v) is 16.2. The van der Waals surface area contributed by atoms with Crippen molar-refractivity contribution in [3.63, 3.8) is 0 Å². The topological polar surface area (TPSA) is 68.0 Å². The Morgan fingerprint density at radius 2 is 2.04 bits per heavy atom. The summed E-state index contributed by atoms with van der Waals surface area (Å²) >= 11 is 14.8. The second kappa shape index (κ2) is 8.23. The number of aryl methyl sites for hydroxylation is 1. The van der Waals surface area contributed by atoms with Crippen LogP contribution >= 0.6 is 46.3 Å². The van der Waals surface area contributed by atoms with Gasteiger partial charge in [0.15, 0.2) is 0 Å². The molecule has 1 aromatic carbocycles. The third-order valence-electron chi connectivity index (χ3n) is 3.18. The summed E-state index contributed by atoms with van der Waals surface area (Å²) in [4.78, 5) is 13.1. The van der Waals surface area contributed by atoms with Crippen molar-refractivity contribution in [3.05, 3.63) is 44.6 Å². The number of aromatic nitrogens is 2. The van der Waals surface area contributed by atoms with Crippen LogP contribution in [0.1, 0.15) is 12.0 Å². The number of carbonyl (C=O) groups excluding carboxylic acids is 1. The van der Waals surface area contributed by atoms with E-state index in [4.69, 9.17) is 27.6 Å². The maximum Gasteiger partial charge on any atom is 0.322 e. The molecule has 0 spiro atoms. The normalized spacial score (nSPS) is 10.8. The minimum absolute atomic E-state index is 0.0405. The van der Waals surface area contributed by atoms with Gasteiger partial charge in [-0.15, -0.1) is 28.2 Å². The summed E-state index contributed by atoms with van der Waals surface area (Å²) in [6.45, 7) is 2.04. The molecule has 0 saturated carbocycles. The molecule has 0 saturated heterocycles. The highest BCUT2D eigenvalue weighted by molar-refractivity contribution is 7.99. The number of carbonyl (C=O) groups is 1. The molecule has 130 valence electrons. The first-order chi connectivity index (χ1) is 12.0. The van der Waals surface area contributed by atoms with Crippen molar-refractivity contribution in [1.82, 2.24) is 10.2 Å². The van der Waals surface area contributed by atoms with Crippen LogP contribution in [0.25, 0.3) is 11.5 Å². The van der Waals surface area contributed by atoms with E-state index in [0.717, 1.165) is 4.90 Å². The van der Waals surface area contributed by atoms with E-state index >= 15 is 0 Å². The standard InChI is InChI=1S/C16H13Cl2N3O2S2/c1-9-2-4-10(5-3-9)24-7-6-13(22)19-16-21-20-15(23-16)11-8-12(17)25-14(11)18/h2-5,8H,6-7H2,1H3,(H,19,21,22). The van der Waals surface area contributed by atoms with Gasteiger partial charge in [-0.2, -0.15) is 0 Å². The fourth-order valence-corrected chi connectivity index (χ4v) is 4.25. The Morgan fingerprint density at radius 3 is 2.72 bits per heavy atom. The van der Waals surface area contributed by atoms with Gasteiger partial charge in [0.05, 0.1) is 9.90 Å². The van der Waals surface area contributed by atoms with E-state index < -0.39 is 0 Å². The summed E-state index contributed by atoms with van der Waals surface area (Å²) in [6.07, 6.45) is 0.335. The van der Waals surface area contributed by atoms with Crippen LogP contribution in [0.4, 0.5) is 6.01 Å². The second-order valence-corrected chi connectivity index (χ2v) is 8.56. The summed E-state index contributed by atoms with van der Waals surface area (Å²) in [6, 6.07) is 9.86. The van der Waals surface area contributed by atoms with Crippen molar-refractivity contribution in [2.75, 3.05) is 11.1 Å². The van der Waals surface area contributed by atoms with Crippen LogP contribution in [-0.2, 0) is 4.79 Å². The summed E-state index contributed by atoms with van der Waals surface area (Å²) in [5, 5.41) is 10.3. The monoisotopic (exact) mass is 413 g/mol. The number of benzene rings is 1. The molecule has 2 aromatic heterocycles. The van der Waals surface area contributed by atoms with Crippen LogP contribution in [0.15, 0.2) is 39.6 Å². The van der Waals surface area contributed by atoms with Gasteiger partial charge in [0.25, 0.3) is 5.89 Å². The summed E-state index contributed by atoms with van der Waals surface area (Å²) in [5.74, 6) is 0.684. The van der Waals surface area contributed by atoms with Gasteiger partial charge in [-0.1, -0.05) is 46.0 Å². The number of halogens is 2. The Labute approximate surface area is 162 Å². The van der Waals surface area contributed by atoms with Crippen molar-refractivity contribution in [2.45, 2.75) is 18.2 Å². The molecule has 0 radical (unpaired) electrons. The molecule has 3 rings (SSSR count). The molecule has 0 aliphatic heterocycles. The molecule has 2 heterocycles. The third-order valence-corrected chi connectivity index (χ3v) is 5.68. The highest BCUT2D eigenvalue weighted by atomic mass is 35.5. The predicted octanol–water partition coefficient (Wildman–Crippen LogP) is 5.53. The van der Waals surface area contributed by atoms with E-state index in [1.54, 1.807) is 17.8 Å². The molecule has 5 nitrogen and oxygen atoms in total. The number of rotatable bonds is 6. The van der Waals surface area contributed by atoms with Crippen LogP contribution in [-0.4, -0.2) is 21.9 Å². The lowest BCUT2D eigenvalue weighted by Crippen LogP contribution is -2.12. The summed E-state index contributed by atoms with van der Waals surface area (Å²) < 4.78 is 6.40. The van der Waals surface area contributed by atoms with Gasteiger partial charge in [0, 0.05) is 17.1 Å². The lowest BCUT2D eigenvalue weighted by atomic mass is 10.2. The first kappa shape index (κ1) is 18.3. The average Bonchev–Trinajstić information content (AvgIpc) is 3.15. The second-order valence-electron chi connectivity index (χ2n) is 5.11. The van der Waals surface area contributed by atoms with Crippen LogP contribution in [0.3, 0.4) is 0 Å². The molecule has 0 aliphatic carbocycles. The highest BCUT2D eigenvalue weighted by Gasteiger charge is 2.16. The number of anilines is 1. The van der Waals surface area contributed by atoms with Gasteiger partial charge in [-0.25, -0.2) is 0 Å². The number of amides is 1. The molecule has 0 bridgehead atoms. The Balaban J connectivity index is 1.51. The molecule has 0 fully saturated rings. The third kappa shape index (κ3) is 4.98. The molecule has 0 aliphatic rings. The number of thiophene rings is 1. The highest BCUT2D eigenvalue weighted by Crippen LogP contribution is 2.37. The number of hydrogen-bond acceptors (Lipinski definition) is 6. The van der Waals surface area contributed by atoms with Crippen LogP contribution in [0.2, 0.25) is 8.67 Å². The van der Waals surface area contributed by atoms with E-state index in [2.05, 4.69) is 15.5 Å². The summed E-state index contributed by atoms with van der Waals surface area (Å²) in [5.41, 5.74) is 1.76. The van der Waals surface area contributed by atoms with E-state index in [1.807, 2.05) is 31.2 Å². The molecule has 0 atom stereocenters. The Bertz CT molecular complexity index is 878. The molecular weight excluding hydrogens is 401 g/mol. The Kier molecular flexibility index (Phi) is 6.01. The fraction of sp³-hybridized carbons (Fsp3) is 0.188. The summed E-state index contributed by atoms with van der Waals surface area (Å²) in [7, 11) is 0. The molecule has 9 heteroatoms. The number of hydrogen-bond donors (Lipinski definition) is 1. The van der Waals surface area contributed by atoms with Crippen molar-refractivity contribution < 1.29 is 9.21 Å². The minimum Gasteiger partial charge on any atom is -0.403 e.